The summed E-state index contributed by atoms with van der Waals surface area (Å²) in [4.78, 5) is 10.6. The third-order valence-electron chi connectivity index (χ3n) is 3.02. The van der Waals surface area contributed by atoms with Gasteiger partial charge in [0.1, 0.15) is 0 Å². The minimum Gasteiger partial charge on any atom is -0.288 e. The molecule has 1 nitrogen and oxygen atoms in total. The molecule has 0 heterocycles. The third kappa shape index (κ3) is 16.5. The van der Waals surface area contributed by atoms with Crippen molar-refractivity contribution >= 4 is 33.7 Å². The van der Waals surface area contributed by atoms with Gasteiger partial charge >= 0.3 is 0 Å². The van der Waals surface area contributed by atoms with Crippen LogP contribution < -0.4 is 0 Å². The van der Waals surface area contributed by atoms with Crippen LogP contribution in [0.2, 0.25) is 0 Å². The van der Waals surface area contributed by atoms with Crippen molar-refractivity contribution in [3.05, 3.63) is 0 Å². The second kappa shape index (κ2) is 14.6. The van der Waals surface area contributed by atoms with Crippen LogP contribution in [0.4, 0.5) is 0 Å². The van der Waals surface area contributed by atoms with Crippen molar-refractivity contribution in [3.63, 3.8) is 0 Å². The summed E-state index contributed by atoms with van der Waals surface area (Å²) in [5.41, 5.74) is 0. The monoisotopic (exact) mass is 322 g/mol. The minimum absolute atomic E-state index is 0.0356. The van der Waals surface area contributed by atoms with Crippen LogP contribution >= 0.6 is 28.6 Å². The van der Waals surface area contributed by atoms with Gasteiger partial charge in [-0.2, -0.15) is 0 Å². The van der Waals surface area contributed by atoms with Crippen LogP contribution in [0.5, 0.6) is 0 Å². The van der Waals surface area contributed by atoms with Gasteiger partial charge in [-0.3, -0.25) is 4.79 Å². The number of hydrogen-bond donors (Lipinski definition) is 1. The minimum atomic E-state index is 0.0356. The Morgan fingerprint density at radius 3 is 1.41 bits per heavy atom. The molecule has 0 aromatic heterocycles. The maximum atomic E-state index is 10.6. The summed E-state index contributed by atoms with van der Waals surface area (Å²) in [6.07, 6.45) is 15.1. The molecule has 0 saturated carbocycles. The van der Waals surface area contributed by atoms with Gasteiger partial charge in [-0.1, -0.05) is 73.7 Å². The smallest absolute Gasteiger partial charge is 0.185 e. The van der Waals surface area contributed by atoms with Crippen LogP contribution in [-0.4, -0.2) is 10.4 Å². The summed E-state index contributed by atoms with van der Waals surface area (Å²) in [5.74, 6) is 0. The second-order valence-corrected chi connectivity index (χ2v) is 6.01. The number of halogens is 1. The highest BCUT2D eigenvalue weighted by atomic mass is 79.9. The lowest BCUT2D eigenvalue weighted by molar-refractivity contribution is -0.110. The Balaban J connectivity index is 2.91. The Labute approximate surface area is 121 Å². The fraction of sp³-hybridized carbons (Fsp3) is 0.929. The van der Waals surface area contributed by atoms with Crippen LogP contribution in [0.3, 0.4) is 0 Å². The Kier molecular flexibility index (Phi) is 15.0. The van der Waals surface area contributed by atoms with E-state index >= 15 is 0 Å². The fourth-order valence-electron chi connectivity index (χ4n) is 1.96. The van der Waals surface area contributed by atoms with Gasteiger partial charge in [0, 0.05) is 11.8 Å². The maximum Gasteiger partial charge on any atom is 0.185 e. The number of carbonyl (C=O) groups is 1. The van der Waals surface area contributed by atoms with Crippen molar-refractivity contribution in [1.29, 1.82) is 0 Å². The number of rotatable bonds is 13. The molecular formula is C14H27BrOS. The summed E-state index contributed by atoms with van der Waals surface area (Å²) in [7, 11) is 0. The van der Waals surface area contributed by atoms with Crippen LogP contribution in [0, 0.1) is 0 Å². The zero-order valence-corrected chi connectivity index (χ0v) is 13.4. The molecule has 0 aliphatic heterocycles. The fourth-order valence-corrected chi connectivity index (χ4v) is 2.52. The number of thiol groups is 1. The normalized spacial score (nSPS) is 10.7. The van der Waals surface area contributed by atoms with Gasteiger partial charge in [0.2, 0.25) is 0 Å². The first-order valence-corrected chi connectivity index (χ1v) is 8.62. The van der Waals surface area contributed by atoms with Crippen molar-refractivity contribution in [3.8, 4) is 0 Å². The summed E-state index contributed by atoms with van der Waals surface area (Å²) in [6, 6.07) is 0. The van der Waals surface area contributed by atoms with Gasteiger partial charge in [-0.05, 0) is 12.8 Å². The molecular weight excluding hydrogens is 296 g/mol. The number of unbranched alkanes of at least 4 members (excludes halogenated alkanes) is 10. The largest absolute Gasteiger partial charge is 0.288 e. The predicted molar refractivity (Wildman–Crippen MR) is 83.2 cm³/mol. The van der Waals surface area contributed by atoms with E-state index in [0.29, 0.717) is 6.42 Å². The van der Waals surface area contributed by atoms with E-state index in [1.165, 1.54) is 64.2 Å². The molecule has 0 aliphatic carbocycles. The van der Waals surface area contributed by atoms with Gasteiger partial charge < -0.3 is 0 Å². The Hall–Kier alpha value is 0.500. The number of hydrogen-bond acceptors (Lipinski definition) is 1. The maximum absolute atomic E-state index is 10.6. The summed E-state index contributed by atoms with van der Waals surface area (Å²) < 4.78 is 0. The van der Waals surface area contributed by atoms with E-state index in [4.69, 9.17) is 0 Å². The lowest BCUT2D eigenvalue weighted by atomic mass is 10.1. The van der Waals surface area contributed by atoms with E-state index < -0.39 is 0 Å². The average Bonchev–Trinajstić information content (AvgIpc) is 2.30. The topological polar surface area (TPSA) is 17.1 Å². The summed E-state index contributed by atoms with van der Waals surface area (Å²) in [5, 5.41) is 1.19. The van der Waals surface area contributed by atoms with Crippen molar-refractivity contribution in [2.45, 2.75) is 77.0 Å². The van der Waals surface area contributed by atoms with E-state index in [-0.39, 0.29) is 5.12 Å². The summed E-state index contributed by atoms with van der Waals surface area (Å²) in [6.45, 7) is 0. The number of carbonyl (C=O) groups excluding carboxylic acids is 1. The molecule has 0 fully saturated rings. The van der Waals surface area contributed by atoms with Gasteiger partial charge in [-0.15, -0.1) is 12.6 Å². The third-order valence-corrected chi connectivity index (χ3v) is 3.81. The highest BCUT2D eigenvalue weighted by molar-refractivity contribution is 9.09. The quantitative estimate of drug-likeness (QED) is 0.268. The molecule has 3 heteroatoms. The Morgan fingerprint density at radius 1 is 0.706 bits per heavy atom. The van der Waals surface area contributed by atoms with Gasteiger partial charge in [-0.25, -0.2) is 0 Å². The zero-order valence-electron chi connectivity index (χ0n) is 10.9. The van der Waals surface area contributed by atoms with E-state index in [9.17, 15) is 4.79 Å². The average molecular weight is 323 g/mol. The van der Waals surface area contributed by atoms with Crippen LogP contribution in [-0.2, 0) is 4.79 Å². The highest BCUT2D eigenvalue weighted by Crippen LogP contribution is 2.12. The second-order valence-electron chi connectivity index (χ2n) is 4.72. The van der Waals surface area contributed by atoms with Gasteiger partial charge in [0.25, 0.3) is 0 Å². The molecule has 0 radical (unpaired) electrons. The molecule has 0 aliphatic rings. The molecule has 0 rings (SSSR count). The van der Waals surface area contributed by atoms with Crippen LogP contribution in [0.15, 0.2) is 0 Å². The molecule has 0 spiro atoms. The molecule has 17 heavy (non-hydrogen) atoms. The van der Waals surface area contributed by atoms with E-state index in [1.54, 1.807) is 0 Å². The molecule has 0 aromatic rings. The van der Waals surface area contributed by atoms with Crippen LogP contribution in [0.1, 0.15) is 77.0 Å². The molecule has 0 N–H and O–H groups in total. The van der Waals surface area contributed by atoms with E-state index in [0.717, 1.165) is 11.8 Å². The first kappa shape index (κ1) is 17.5. The van der Waals surface area contributed by atoms with Crippen LogP contribution in [0.25, 0.3) is 0 Å². The Bertz CT molecular complexity index is 174. The predicted octanol–water partition coefficient (Wildman–Crippen LogP) is 5.52. The van der Waals surface area contributed by atoms with Gasteiger partial charge in [0.15, 0.2) is 5.12 Å². The standard InChI is InChI=1S/C14H27BrOS/c15-13-11-9-7-5-3-1-2-4-6-8-10-12-14(16)17/h1-13H2,(H,16,17). The molecule has 0 saturated heterocycles. The Morgan fingerprint density at radius 2 is 1.06 bits per heavy atom. The van der Waals surface area contributed by atoms with Crippen molar-refractivity contribution < 1.29 is 4.79 Å². The number of alkyl halides is 1. The SMILES string of the molecule is O=C(S)CCCCCCCCCCCCCBr. The van der Waals surface area contributed by atoms with Gasteiger partial charge in [0.05, 0.1) is 0 Å². The molecule has 0 amide bonds. The molecule has 0 atom stereocenters. The summed E-state index contributed by atoms with van der Waals surface area (Å²) >= 11 is 7.22. The van der Waals surface area contributed by atoms with Crippen molar-refractivity contribution in [1.82, 2.24) is 0 Å². The molecule has 0 aromatic carbocycles. The lowest BCUT2D eigenvalue weighted by Crippen LogP contribution is -1.86. The first-order chi connectivity index (χ1) is 8.27. The molecule has 0 unspecified atom stereocenters. The molecule has 0 bridgehead atoms. The van der Waals surface area contributed by atoms with Crippen molar-refractivity contribution in [2.75, 3.05) is 5.33 Å². The lowest BCUT2D eigenvalue weighted by Gasteiger charge is -2.02. The highest BCUT2D eigenvalue weighted by Gasteiger charge is 1.95. The van der Waals surface area contributed by atoms with Crippen molar-refractivity contribution in [2.24, 2.45) is 0 Å². The van der Waals surface area contributed by atoms with E-state index in [2.05, 4.69) is 28.6 Å². The van der Waals surface area contributed by atoms with E-state index in [1.807, 2.05) is 0 Å². The zero-order chi connectivity index (χ0) is 12.8. The molecule has 102 valence electrons. The first-order valence-electron chi connectivity index (χ1n) is 7.05.